The van der Waals surface area contributed by atoms with Crippen LogP contribution in [0, 0.1) is 11.7 Å². The zero-order chi connectivity index (χ0) is 20.6. The number of rotatable bonds is 7. The van der Waals surface area contributed by atoms with Crippen molar-refractivity contribution in [3.8, 4) is 11.5 Å². The van der Waals surface area contributed by atoms with E-state index in [1.807, 2.05) is 24.3 Å². The SMILES string of the molecule is CN=C(NCC1COc2ccccc2O1)NCC(Cc1ccc(F)cc1)C(N)=O.I. The van der Waals surface area contributed by atoms with Crippen LogP contribution in [0.5, 0.6) is 11.5 Å². The summed E-state index contributed by atoms with van der Waals surface area (Å²) in [5.74, 6) is 0.762. The van der Waals surface area contributed by atoms with Crippen molar-refractivity contribution in [2.24, 2.45) is 16.6 Å². The molecule has 0 spiro atoms. The minimum Gasteiger partial charge on any atom is -0.486 e. The molecular weight excluding hydrogens is 502 g/mol. The standard InChI is InChI=1S/C21H25FN4O3.HI/c1-24-21(26-12-17-13-28-18-4-2-3-5-19(18)29-17)25-11-15(20(23)27)10-14-6-8-16(22)9-7-14;/h2-9,15,17H,10-13H2,1H3,(H2,23,27)(H2,24,25,26);1H. The van der Waals surface area contributed by atoms with Crippen LogP contribution in [0.25, 0.3) is 0 Å². The molecule has 4 N–H and O–H groups in total. The molecule has 0 aliphatic carbocycles. The van der Waals surface area contributed by atoms with E-state index in [4.69, 9.17) is 15.2 Å². The third-order valence-electron chi connectivity index (χ3n) is 4.60. The van der Waals surface area contributed by atoms with Crippen LogP contribution in [0.15, 0.2) is 53.5 Å². The number of nitrogens with zero attached hydrogens (tertiary/aromatic N) is 1. The Kier molecular flexibility index (Phi) is 9.15. The largest absolute Gasteiger partial charge is 0.486 e. The fourth-order valence-corrected chi connectivity index (χ4v) is 2.99. The Morgan fingerprint density at radius 2 is 1.90 bits per heavy atom. The van der Waals surface area contributed by atoms with Gasteiger partial charge < -0.3 is 25.8 Å². The van der Waals surface area contributed by atoms with Crippen LogP contribution in [0.2, 0.25) is 0 Å². The number of nitrogens with one attached hydrogen (secondary N) is 2. The van der Waals surface area contributed by atoms with Crippen LogP contribution >= 0.6 is 24.0 Å². The molecule has 2 aromatic rings. The Balaban J connectivity index is 0.00000320. The van der Waals surface area contributed by atoms with Gasteiger partial charge in [0.25, 0.3) is 0 Å². The lowest BCUT2D eigenvalue weighted by molar-refractivity contribution is -0.121. The van der Waals surface area contributed by atoms with Gasteiger partial charge in [-0.3, -0.25) is 9.79 Å². The minimum absolute atomic E-state index is 0. The number of hydrogen-bond donors (Lipinski definition) is 3. The molecule has 0 radical (unpaired) electrons. The number of primary amides is 1. The molecule has 1 aliphatic rings. The monoisotopic (exact) mass is 528 g/mol. The molecule has 0 saturated carbocycles. The second-order valence-electron chi connectivity index (χ2n) is 6.76. The van der Waals surface area contributed by atoms with Gasteiger partial charge in [0, 0.05) is 13.6 Å². The van der Waals surface area contributed by atoms with Crippen molar-refractivity contribution in [3.63, 3.8) is 0 Å². The van der Waals surface area contributed by atoms with E-state index < -0.39 is 11.8 Å². The van der Waals surface area contributed by atoms with Gasteiger partial charge in [0.1, 0.15) is 18.5 Å². The van der Waals surface area contributed by atoms with Crippen molar-refractivity contribution in [1.82, 2.24) is 10.6 Å². The number of benzene rings is 2. The van der Waals surface area contributed by atoms with Gasteiger partial charge in [0.2, 0.25) is 5.91 Å². The first-order valence-corrected chi connectivity index (χ1v) is 9.42. The number of nitrogens with two attached hydrogens (primary N) is 1. The lowest BCUT2D eigenvalue weighted by atomic mass is 9.98. The molecule has 30 heavy (non-hydrogen) atoms. The van der Waals surface area contributed by atoms with E-state index in [2.05, 4.69) is 15.6 Å². The maximum absolute atomic E-state index is 13.1. The van der Waals surface area contributed by atoms with E-state index in [1.165, 1.54) is 12.1 Å². The number of amides is 1. The molecular formula is C21H26FIN4O3. The van der Waals surface area contributed by atoms with E-state index in [0.29, 0.717) is 37.8 Å². The van der Waals surface area contributed by atoms with E-state index in [9.17, 15) is 9.18 Å². The Bertz CT molecular complexity index is 864. The van der Waals surface area contributed by atoms with Crippen LogP contribution < -0.4 is 25.8 Å². The van der Waals surface area contributed by atoms with Crippen LogP contribution in [0.1, 0.15) is 5.56 Å². The number of halogens is 2. The molecule has 2 atom stereocenters. The average molecular weight is 528 g/mol. The van der Waals surface area contributed by atoms with Gasteiger partial charge in [-0.15, -0.1) is 24.0 Å². The highest BCUT2D eigenvalue weighted by atomic mass is 127. The molecule has 2 unspecified atom stereocenters. The fraction of sp³-hybridized carbons (Fsp3) is 0.333. The molecule has 0 saturated heterocycles. The van der Waals surface area contributed by atoms with Crippen LogP contribution in [0.4, 0.5) is 4.39 Å². The zero-order valence-corrected chi connectivity index (χ0v) is 19.0. The lowest BCUT2D eigenvalue weighted by Crippen LogP contribution is -2.47. The first kappa shape index (κ1) is 23.7. The van der Waals surface area contributed by atoms with Gasteiger partial charge >= 0.3 is 0 Å². The van der Waals surface area contributed by atoms with E-state index in [1.54, 1.807) is 19.2 Å². The Hall–Kier alpha value is -2.56. The predicted molar refractivity (Wildman–Crippen MR) is 124 cm³/mol. The molecule has 0 fully saturated rings. The third kappa shape index (κ3) is 6.75. The van der Waals surface area contributed by atoms with Gasteiger partial charge in [-0.25, -0.2) is 4.39 Å². The molecule has 9 heteroatoms. The van der Waals surface area contributed by atoms with Crippen molar-refractivity contribution in [2.45, 2.75) is 12.5 Å². The van der Waals surface area contributed by atoms with Crippen molar-refractivity contribution in [3.05, 3.63) is 59.9 Å². The van der Waals surface area contributed by atoms with E-state index >= 15 is 0 Å². The highest BCUT2D eigenvalue weighted by molar-refractivity contribution is 14.0. The smallest absolute Gasteiger partial charge is 0.222 e. The van der Waals surface area contributed by atoms with Gasteiger partial charge in [-0.05, 0) is 36.2 Å². The molecule has 0 aromatic heterocycles. The quantitative estimate of drug-likeness (QED) is 0.291. The first-order valence-electron chi connectivity index (χ1n) is 9.42. The van der Waals surface area contributed by atoms with E-state index in [0.717, 1.165) is 11.3 Å². The number of carbonyl (C=O) groups excluding carboxylic acids is 1. The highest BCUT2D eigenvalue weighted by Crippen LogP contribution is 2.30. The summed E-state index contributed by atoms with van der Waals surface area (Å²) in [5, 5.41) is 6.28. The average Bonchev–Trinajstić information content (AvgIpc) is 2.74. The molecule has 1 amide bonds. The van der Waals surface area contributed by atoms with Gasteiger partial charge in [0.05, 0.1) is 12.5 Å². The number of aliphatic imine (C=N–C) groups is 1. The van der Waals surface area contributed by atoms with Crippen molar-refractivity contribution in [2.75, 3.05) is 26.7 Å². The van der Waals surface area contributed by atoms with Crippen molar-refractivity contribution >= 4 is 35.8 Å². The summed E-state index contributed by atoms with van der Waals surface area (Å²) in [6.07, 6.45) is 0.241. The summed E-state index contributed by atoms with van der Waals surface area (Å²) in [6.45, 7) is 1.21. The fourth-order valence-electron chi connectivity index (χ4n) is 2.99. The highest BCUT2D eigenvalue weighted by Gasteiger charge is 2.21. The maximum Gasteiger partial charge on any atom is 0.222 e. The Labute approximate surface area is 192 Å². The number of ether oxygens (including phenoxy) is 2. The summed E-state index contributed by atoms with van der Waals surface area (Å²) in [4.78, 5) is 16.0. The molecule has 0 bridgehead atoms. The Morgan fingerprint density at radius 3 is 2.57 bits per heavy atom. The second-order valence-corrected chi connectivity index (χ2v) is 6.76. The number of para-hydroxylation sites is 2. The maximum atomic E-state index is 13.1. The summed E-state index contributed by atoms with van der Waals surface area (Å²) in [6, 6.07) is 13.5. The molecule has 1 heterocycles. The molecule has 1 aliphatic heterocycles. The van der Waals surface area contributed by atoms with Crippen LogP contribution in [-0.4, -0.2) is 44.7 Å². The third-order valence-corrected chi connectivity index (χ3v) is 4.60. The first-order chi connectivity index (χ1) is 14.0. The number of carbonyl (C=O) groups is 1. The normalized spacial score (nSPS) is 16.2. The lowest BCUT2D eigenvalue weighted by Gasteiger charge is -2.27. The van der Waals surface area contributed by atoms with Crippen LogP contribution in [-0.2, 0) is 11.2 Å². The number of fused-ring (bicyclic) bond motifs is 1. The molecule has 162 valence electrons. The second kappa shape index (κ2) is 11.6. The predicted octanol–water partition coefficient (Wildman–Crippen LogP) is 2.09. The van der Waals surface area contributed by atoms with Crippen LogP contribution in [0.3, 0.4) is 0 Å². The van der Waals surface area contributed by atoms with E-state index in [-0.39, 0.29) is 35.9 Å². The summed E-state index contributed by atoms with van der Waals surface area (Å²) >= 11 is 0. The Morgan fingerprint density at radius 1 is 1.20 bits per heavy atom. The summed E-state index contributed by atoms with van der Waals surface area (Å²) in [7, 11) is 1.64. The molecule has 7 nitrogen and oxygen atoms in total. The minimum atomic E-state index is -0.458. The van der Waals surface area contributed by atoms with Gasteiger partial charge in [-0.1, -0.05) is 24.3 Å². The topological polar surface area (TPSA) is 98.0 Å². The van der Waals surface area contributed by atoms with Crippen molar-refractivity contribution in [1.29, 1.82) is 0 Å². The molecule has 2 aromatic carbocycles. The zero-order valence-electron chi connectivity index (χ0n) is 16.6. The van der Waals surface area contributed by atoms with Gasteiger partial charge in [0.15, 0.2) is 17.5 Å². The van der Waals surface area contributed by atoms with Crippen molar-refractivity contribution < 1.29 is 18.7 Å². The van der Waals surface area contributed by atoms with Gasteiger partial charge in [-0.2, -0.15) is 0 Å². The molecule has 3 rings (SSSR count). The summed E-state index contributed by atoms with van der Waals surface area (Å²) < 4.78 is 24.7. The number of hydrogen-bond acceptors (Lipinski definition) is 4. The number of guanidine groups is 1. The summed E-state index contributed by atoms with van der Waals surface area (Å²) in [5.41, 5.74) is 6.37.